The first-order valence-electron chi connectivity index (χ1n) is 6.92. The van der Waals surface area contributed by atoms with E-state index in [1.54, 1.807) is 36.4 Å². The molecular formula is C16H11Cl2N3O3. The SMILES string of the molecule is O=C(Cn1c(=O)c(=O)[nH]c2ccccc21)Nc1cc(Cl)ccc1Cl. The molecule has 24 heavy (non-hydrogen) atoms. The van der Waals surface area contributed by atoms with Gasteiger partial charge < -0.3 is 10.3 Å². The van der Waals surface area contributed by atoms with E-state index >= 15 is 0 Å². The van der Waals surface area contributed by atoms with E-state index in [1.165, 1.54) is 6.07 Å². The Bertz CT molecular complexity index is 1060. The van der Waals surface area contributed by atoms with Gasteiger partial charge in [0, 0.05) is 5.02 Å². The molecule has 1 heterocycles. The maximum atomic E-state index is 12.3. The molecule has 0 atom stereocenters. The second-order valence-electron chi connectivity index (χ2n) is 5.03. The highest BCUT2D eigenvalue weighted by Gasteiger charge is 2.12. The van der Waals surface area contributed by atoms with E-state index < -0.39 is 17.0 Å². The number of rotatable bonds is 3. The number of carbonyl (C=O) groups is 1. The van der Waals surface area contributed by atoms with Gasteiger partial charge in [-0.3, -0.25) is 19.0 Å². The Morgan fingerprint density at radius 3 is 2.67 bits per heavy atom. The number of benzene rings is 2. The number of nitrogens with zero attached hydrogens (tertiary/aromatic N) is 1. The van der Waals surface area contributed by atoms with Gasteiger partial charge in [0.1, 0.15) is 6.54 Å². The lowest BCUT2D eigenvalue weighted by Crippen LogP contribution is -2.38. The number of hydrogen-bond donors (Lipinski definition) is 2. The Kier molecular flexibility index (Phi) is 4.42. The number of para-hydroxylation sites is 2. The van der Waals surface area contributed by atoms with Gasteiger partial charge in [0.25, 0.3) is 0 Å². The molecule has 2 N–H and O–H groups in total. The molecule has 6 nitrogen and oxygen atoms in total. The van der Waals surface area contributed by atoms with Crippen molar-refractivity contribution in [2.24, 2.45) is 0 Å². The molecule has 0 aliphatic heterocycles. The summed E-state index contributed by atoms with van der Waals surface area (Å²) in [6.07, 6.45) is 0. The monoisotopic (exact) mass is 363 g/mol. The molecule has 0 aliphatic carbocycles. The van der Waals surface area contributed by atoms with Crippen LogP contribution in [0.15, 0.2) is 52.1 Å². The predicted molar refractivity (Wildman–Crippen MR) is 93.9 cm³/mol. The second-order valence-corrected chi connectivity index (χ2v) is 5.88. The lowest BCUT2D eigenvalue weighted by atomic mass is 10.3. The number of aromatic nitrogens is 2. The zero-order chi connectivity index (χ0) is 17.3. The number of amides is 1. The van der Waals surface area contributed by atoms with Crippen LogP contribution in [0, 0.1) is 0 Å². The summed E-state index contributed by atoms with van der Waals surface area (Å²) in [7, 11) is 0. The van der Waals surface area contributed by atoms with Gasteiger partial charge in [0.15, 0.2) is 0 Å². The maximum absolute atomic E-state index is 12.3. The molecule has 3 rings (SSSR count). The zero-order valence-electron chi connectivity index (χ0n) is 12.2. The molecule has 0 fully saturated rings. The van der Waals surface area contributed by atoms with Gasteiger partial charge in [-0.15, -0.1) is 0 Å². The Balaban J connectivity index is 1.96. The van der Waals surface area contributed by atoms with Crippen molar-refractivity contribution in [3.63, 3.8) is 0 Å². The summed E-state index contributed by atoms with van der Waals surface area (Å²) in [5.41, 5.74) is -0.343. The third-order valence-corrected chi connectivity index (χ3v) is 3.95. The van der Waals surface area contributed by atoms with Crippen LogP contribution in [-0.2, 0) is 11.3 Å². The number of aromatic amines is 1. The molecule has 1 amide bonds. The minimum absolute atomic E-state index is 0.316. The quantitative estimate of drug-likeness (QED) is 0.701. The fourth-order valence-corrected chi connectivity index (χ4v) is 2.64. The van der Waals surface area contributed by atoms with Crippen LogP contribution < -0.4 is 16.4 Å². The van der Waals surface area contributed by atoms with E-state index in [0.717, 1.165) is 4.57 Å². The molecule has 0 bridgehead atoms. The number of fused-ring (bicyclic) bond motifs is 1. The molecule has 0 radical (unpaired) electrons. The molecule has 0 unspecified atom stereocenters. The average Bonchev–Trinajstić information content (AvgIpc) is 2.55. The number of hydrogen-bond acceptors (Lipinski definition) is 3. The Labute approximate surface area is 145 Å². The van der Waals surface area contributed by atoms with E-state index in [2.05, 4.69) is 10.3 Å². The van der Waals surface area contributed by atoms with Crippen molar-refractivity contribution in [1.29, 1.82) is 0 Å². The van der Waals surface area contributed by atoms with E-state index in [4.69, 9.17) is 23.2 Å². The Morgan fingerprint density at radius 1 is 1.12 bits per heavy atom. The third-order valence-electron chi connectivity index (χ3n) is 3.39. The number of halogens is 2. The summed E-state index contributed by atoms with van der Waals surface area (Å²) in [4.78, 5) is 38.6. The number of nitrogens with one attached hydrogen (secondary N) is 2. The highest BCUT2D eigenvalue weighted by Crippen LogP contribution is 2.25. The fraction of sp³-hybridized carbons (Fsp3) is 0.0625. The van der Waals surface area contributed by atoms with Gasteiger partial charge in [0.05, 0.1) is 21.7 Å². The van der Waals surface area contributed by atoms with E-state index in [-0.39, 0.29) is 6.54 Å². The van der Waals surface area contributed by atoms with Gasteiger partial charge in [-0.2, -0.15) is 0 Å². The van der Waals surface area contributed by atoms with E-state index in [1.807, 2.05) is 0 Å². The summed E-state index contributed by atoms with van der Waals surface area (Å²) in [6, 6.07) is 11.4. The lowest BCUT2D eigenvalue weighted by molar-refractivity contribution is -0.116. The minimum Gasteiger partial charge on any atom is -0.323 e. The minimum atomic E-state index is -0.805. The van der Waals surface area contributed by atoms with Crippen LogP contribution in [0.25, 0.3) is 11.0 Å². The van der Waals surface area contributed by atoms with Crippen molar-refractivity contribution in [3.05, 3.63) is 73.2 Å². The Morgan fingerprint density at radius 2 is 1.88 bits per heavy atom. The van der Waals surface area contributed by atoms with Gasteiger partial charge in [0.2, 0.25) is 5.91 Å². The van der Waals surface area contributed by atoms with Crippen LogP contribution >= 0.6 is 23.2 Å². The molecule has 1 aromatic heterocycles. The molecule has 122 valence electrons. The second kappa shape index (κ2) is 6.51. The van der Waals surface area contributed by atoms with Crippen molar-refractivity contribution in [2.45, 2.75) is 6.54 Å². The first kappa shape index (κ1) is 16.3. The van der Waals surface area contributed by atoms with Gasteiger partial charge in [-0.05, 0) is 30.3 Å². The topological polar surface area (TPSA) is 84.0 Å². The summed E-state index contributed by atoms with van der Waals surface area (Å²) >= 11 is 11.9. The Hall–Kier alpha value is -2.57. The van der Waals surface area contributed by atoms with Crippen LogP contribution in [-0.4, -0.2) is 15.5 Å². The highest BCUT2D eigenvalue weighted by molar-refractivity contribution is 6.35. The highest BCUT2D eigenvalue weighted by atomic mass is 35.5. The molecular weight excluding hydrogens is 353 g/mol. The van der Waals surface area contributed by atoms with Crippen LogP contribution in [0.4, 0.5) is 5.69 Å². The van der Waals surface area contributed by atoms with Crippen molar-refractivity contribution in [2.75, 3.05) is 5.32 Å². The normalized spacial score (nSPS) is 10.8. The van der Waals surface area contributed by atoms with Gasteiger partial charge in [-0.1, -0.05) is 35.3 Å². The predicted octanol–water partition coefficient (Wildman–Crippen LogP) is 2.64. The summed E-state index contributed by atoms with van der Waals surface area (Å²) in [5, 5.41) is 3.31. The summed E-state index contributed by atoms with van der Waals surface area (Å²) in [5.74, 6) is -0.503. The van der Waals surface area contributed by atoms with Crippen LogP contribution in [0.1, 0.15) is 0 Å². The van der Waals surface area contributed by atoms with Crippen LogP contribution in [0.2, 0.25) is 10.0 Å². The molecule has 0 aliphatic rings. The first-order valence-corrected chi connectivity index (χ1v) is 7.68. The molecule has 2 aromatic carbocycles. The van der Waals surface area contributed by atoms with E-state index in [9.17, 15) is 14.4 Å². The fourth-order valence-electron chi connectivity index (χ4n) is 2.31. The number of anilines is 1. The van der Waals surface area contributed by atoms with Crippen molar-refractivity contribution in [1.82, 2.24) is 9.55 Å². The largest absolute Gasteiger partial charge is 0.323 e. The third kappa shape index (κ3) is 3.20. The maximum Gasteiger partial charge on any atom is 0.317 e. The van der Waals surface area contributed by atoms with E-state index in [0.29, 0.717) is 26.8 Å². The zero-order valence-corrected chi connectivity index (χ0v) is 13.7. The molecule has 0 saturated carbocycles. The molecule has 8 heteroatoms. The van der Waals surface area contributed by atoms with Crippen molar-refractivity contribution >= 4 is 45.8 Å². The average molecular weight is 364 g/mol. The molecule has 0 spiro atoms. The summed E-state index contributed by atoms with van der Waals surface area (Å²) in [6.45, 7) is -0.327. The van der Waals surface area contributed by atoms with Gasteiger partial charge in [-0.25, -0.2) is 0 Å². The lowest BCUT2D eigenvalue weighted by Gasteiger charge is -2.11. The van der Waals surface area contributed by atoms with Crippen molar-refractivity contribution in [3.8, 4) is 0 Å². The molecule has 3 aromatic rings. The smallest absolute Gasteiger partial charge is 0.317 e. The van der Waals surface area contributed by atoms with Gasteiger partial charge >= 0.3 is 11.1 Å². The first-order chi connectivity index (χ1) is 11.5. The number of H-pyrrole nitrogens is 1. The van der Waals surface area contributed by atoms with Crippen LogP contribution in [0.3, 0.4) is 0 Å². The molecule has 0 saturated heterocycles. The van der Waals surface area contributed by atoms with Crippen LogP contribution in [0.5, 0.6) is 0 Å². The standard InChI is InChI=1S/C16H11Cl2N3O3/c17-9-5-6-10(18)12(7-9)19-14(22)8-21-13-4-2-1-3-11(13)20-15(23)16(21)24/h1-7H,8H2,(H,19,22)(H,20,23). The van der Waals surface area contributed by atoms with Crippen molar-refractivity contribution < 1.29 is 4.79 Å². The summed E-state index contributed by atoms with van der Waals surface area (Å²) < 4.78 is 1.11. The number of carbonyl (C=O) groups excluding carboxylic acids is 1.